The molecule has 182 valence electrons. The Morgan fingerprint density at radius 1 is 1.08 bits per heavy atom. The highest BCUT2D eigenvalue weighted by molar-refractivity contribution is 6.31. The Labute approximate surface area is 216 Å². The minimum absolute atomic E-state index is 0.0331. The van der Waals surface area contributed by atoms with Crippen LogP contribution in [0.3, 0.4) is 0 Å². The van der Waals surface area contributed by atoms with Gasteiger partial charge < -0.3 is 10.2 Å². The maximum Gasteiger partial charge on any atom is 0.255 e. The summed E-state index contributed by atoms with van der Waals surface area (Å²) in [5, 5.41) is 12.9. The Bertz CT molecular complexity index is 1360. The van der Waals surface area contributed by atoms with Crippen LogP contribution in [0.2, 0.25) is 5.02 Å². The fraction of sp³-hybridized carbons (Fsp3) is 0.276. The van der Waals surface area contributed by atoms with Crippen molar-refractivity contribution in [1.82, 2.24) is 9.80 Å². The summed E-state index contributed by atoms with van der Waals surface area (Å²) in [5.41, 5.74) is 4.62. The summed E-state index contributed by atoms with van der Waals surface area (Å²) < 4.78 is 0. The van der Waals surface area contributed by atoms with Gasteiger partial charge >= 0.3 is 0 Å². The number of anilines is 1. The molecule has 1 N–H and O–H groups in total. The third-order valence-electron chi connectivity index (χ3n) is 7.09. The molecule has 0 bridgehead atoms. The van der Waals surface area contributed by atoms with E-state index in [0.717, 1.165) is 48.6 Å². The fourth-order valence-corrected chi connectivity index (χ4v) is 5.39. The number of hydrogen-bond donors (Lipinski definition) is 1. The van der Waals surface area contributed by atoms with E-state index < -0.39 is 6.04 Å². The Morgan fingerprint density at radius 3 is 2.61 bits per heavy atom. The average Bonchev–Trinajstić information content (AvgIpc) is 3.19. The van der Waals surface area contributed by atoms with Crippen molar-refractivity contribution in [3.63, 3.8) is 0 Å². The maximum absolute atomic E-state index is 13.5. The van der Waals surface area contributed by atoms with E-state index in [4.69, 9.17) is 11.6 Å². The van der Waals surface area contributed by atoms with E-state index in [2.05, 4.69) is 28.4 Å². The normalized spacial score (nSPS) is 18.1. The predicted octanol–water partition coefficient (Wildman–Crippen LogP) is 5.32. The van der Waals surface area contributed by atoms with Gasteiger partial charge in [0, 0.05) is 41.9 Å². The van der Waals surface area contributed by atoms with Crippen LogP contribution in [0.4, 0.5) is 5.69 Å². The zero-order valence-electron chi connectivity index (χ0n) is 20.1. The molecule has 2 aliphatic heterocycles. The SMILES string of the molecule is Cc1cc(CN2CCC(N3C(=O)c4ccccc4C3C(=O)Nc3cccc(C#N)c3)CC2)ccc1Cl. The van der Waals surface area contributed by atoms with E-state index in [0.29, 0.717) is 16.8 Å². The maximum atomic E-state index is 13.5. The molecule has 36 heavy (non-hydrogen) atoms. The molecule has 2 amide bonds. The molecule has 0 aromatic heterocycles. The number of carbonyl (C=O) groups is 2. The zero-order valence-corrected chi connectivity index (χ0v) is 20.8. The van der Waals surface area contributed by atoms with Crippen LogP contribution >= 0.6 is 11.6 Å². The molecule has 5 rings (SSSR count). The highest BCUT2D eigenvalue weighted by Gasteiger charge is 2.45. The molecule has 0 radical (unpaired) electrons. The van der Waals surface area contributed by atoms with Gasteiger partial charge in [0.1, 0.15) is 6.04 Å². The number of nitrogens with zero attached hydrogens (tertiary/aromatic N) is 3. The first-order valence-electron chi connectivity index (χ1n) is 12.1. The van der Waals surface area contributed by atoms with Crippen molar-refractivity contribution in [3.8, 4) is 6.07 Å². The largest absolute Gasteiger partial charge is 0.324 e. The number of halogens is 1. The number of nitriles is 1. The van der Waals surface area contributed by atoms with Crippen LogP contribution in [0.25, 0.3) is 0 Å². The first kappa shape index (κ1) is 24.1. The van der Waals surface area contributed by atoms with Crippen LogP contribution < -0.4 is 5.32 Å². The number of benzene rings is 3. The molecule has 2 aliphatic rings. The van der Waals surface area contributed by atoms with Crippen molar-refractivity contribution in [1.29, 1.82) is 5.26 Å². The number of carbonyl (C=O) groups excluding carboxylic acids is 2. The molecule has 1 unspecified atom stereocenters. The second-order valence-electron chi connectivity index (χ2n) is 9.47. The fourth-order valence-electron chi connectivity index (χ4n) is 5.28. The number of fused-ring (bicyclic) bond motifs is 1. The van der Waals surface area contributed by atoms with Gasteiger partial charge in [0.05, 0.1) is 11.6 Å². The summed E-state index contributed by atoms with van der Waals surface area (Å²) in [6.07, 6.45) is 1.58. The van der Waals surface area contributed by atoms with Crippen LogP contribution in [0.5, 0.6) is 0 Å². The van der Waals surface area contributed by atoms with Crippen LogP contribution in [0.1, 0.15) is 51.5 Å². The van der Waals surface area contributed by atoms with Gasteiger partial charge in [0.25, 0.3) is 11.8 Å². The van der Waals surface area contributed by atoms with Gasteiger partial charge in [-0.2, -0.15) is 5.26 Å². The van der Waals surface area contributed by atoms with Crippen LogP contribution in [-0.2, 0) is 11.3 Å². The van der Waals surface area contributed by atoms with Crippen molar-refractivity contribution in [2.45, 2.75) is 38.4 Å². The van der Waals surface area contributed by atoms with Crippen LogP contribution in [-0.4, -0.2) is 40.7 Å². The van der Waals surface area contributed by atoms with Gasteiger partial charge in [-0.1, -0.05) is 48.0 Å². The van der Waals surface area contributed by atoms with Gasteiger partial charge in [-0.15, -0.1) is 0 Å². The smallest absolute Gasteiger partial charge is 0.255 e. The molecular formula is C29H27ClN4O2. The second kappa shape index (κ2) is 10.1. The van der Waals surface area contributed by atoms with Gasteiger partial charge in [-0.3, -0.25) is 14.5 Å². The Kier molecular flexibility index (Phi) is 6.77. The summed E-state index contributed by atoms with van der Waals surface area (Å²) >= 11 is 6.17. The Morgan fingerprint density at radius 2 is 1.86 bits per heavy atom. The van der Waals surface area contributed by atoms with Crippen molar-refractivity contribution >= 4 is 29.1 Å². The van der Waals surface area contributed by atoms with Gasteiger partial charge in [-0.05, 0) is 66.8 Å². The summed E-state index contributed by atoms with van der Waals surface area (Å²) in [6, 6.07) is 21.7. The molecule has 2 heterocycles. The number of hydrogen-bond acceptors (Lipinski definition) is 4. The number of likely N-dealkylation sites (tertiary alicyclic amines) is 1. The lowest BCUT2D eigenvalue weighted by molar-refractivity contribution is -0.121. The molecule has 0 saturated carbocycles. The predicted molar refractivity (Wildman–Crippen MR) is 140 cm³/mol. The highest BCUT2D eigenvalue weighted by Crippen LogP contribution is 2.38. The molecular weight excluding hydrogens is 472 g/mol. The number of nitrogens with one attached hydrogen (secondary N) is 1. The second-order valence-corrected chi connectivity index (χ2v) is 9.88. The molecule has 3 aromatic rings. The van der Waals surface area contributed by atoms with E-state index in [9.17, 15) is 14.9 Å². The molecule has 1 saturated heterocycles. The van der Waals surface area contributed by atoms with E-state index >= 15 is 0 Å². The number of piperidine rings is 1. The lowest BCUT2D eigenvalue weighted by Crippen LogP contribution is -2.48. The Balaban J connectivity index is 1.33. The molecule has 1 fully saturated rings. The van der Waals surface area contributed by atoms with Crippen molar-refractivity contribution in [2.75, 3.05) is 18.4 Å². The summed E-state index contributed by atoms with van der Waals surface area (Å²) in [6.45, 7) is 4.52. The van der Waals surface area contributed by atoms with Gasteiger partial charge in [-0.25, -0.2) is 0 Å². The monoisotopic (exact) mass is 498 g/mol. The lowest BCUT2D eigenvalue weighted by Gasteiger charge is -2.39. The third-order valence-corrected chi connectivity index (χ3v) is 7.51. The Hall–Kier alpha value is -3.66. The standard InChI is InChI=1S/C29H27ClN4O2/c1-19-15-21(9-10-26(19)30)18-33-13-11-23(12-14-33)34-27(24-7-2-3-8-25(24)29(34)36)28(35)32-22-6-4-5-20(16-22)17-31/h2-10,15-16,23,27H,11-14,18H2,1H3,(H,32,35). The molecule has 0 spiro atoms. The summed E-state index contributed by atoms with van der Waals surface area (Å²) in [4.78, 5) is 31.2. The third kappa shape index (κ3) is 4.73. The van der Waals surface area contributed by atoms with Crippen molar-refractivity contribution < 1.29 is 9.59 Å². The van der Waals surface area contributed by atoms with E-state index in [1.807, 2.05) is 31.2 Å². The van der Waals surface area contributed by atoms with Crippen LogP contribution in [0.15, 0.2) is 66.7 Å². The van der Waals surface area contributed by atoms with Gasteiger partial charge in [0.15, 0.2) is 0 Å². The summed E-state index contributed by atoms with van der Waals surface area (Å²) in [5.74, 6) is -0.356. The minimum Gasteiger partial charge on any atom is -0.324 e. The topological polar surface area (TPSA) is 76.4 Å². The first-order valence-corrected chi connectivity index (χ1v) is 12.5. The molecule has 3 aromatic carbocycles. The molecule has 0 aliphatic carbocycles. The lowest BCUT2D eigenvalue weighted by atomic mass is 9.99. The number of rotatable bonds is 5. The number of amides is 2. The van der Waals surface area contributed by atoms with Crippen LogP contribution in [0, 0.1) is 18.3 Å². The minimum atomic E-state index is -0.699. The average molecular weight is 499 g/mol. The molecule has 7 heteroatoms. The van der Waals surface area contributed by atoms with E-state index in [1.54, 1.807) is 35.2 Å². The summed E-state index contributed by atoms with van der Waals surface area (Å²) in [7, 11) is 0. The quantitative estimate of drug-likeness (QED) is 0.516. The van der Waals surface area contributed by atoms with Crippen molar-refractivity contribution in [2.24, 2.45) is 0 Å². The van der Waals surface area contributed by atoms with Crippen molar-refractivity contribution in [3.05, 3.63) is 99.6 Å². The van der Waals surface area contributed by atoms with E-state index in [1.165, 1.54) is 5.56 Å². The first-order chi connectivity index (χ1) is 17.4. The zero-order chi connectivity index (χ0) is 25.2. The number of aryl methyl sites for hydroxylation is 1. The molecule has 1 atom stereocenters. The molecule has 6 nitrogen and oxygen atoms in total. The van der Waals surface area contributed by atoms with Gasteiger partial charge in [0.2, 0.25) is 0 Å². The highest BCUT2D eigenvalue weighted by atomic mass is 35.5. The van der Waals surface area contributed by atoms with E-state index in [-0.39, 0.29) is 17.9 Å².